The molecule has 3 rings (SSSR count). The molecule has 100 valence electrons. The van der Waals surface area contributed by atoms with E-state index in [9.17, 15) is 9.59 Å². The Bertz CT molecular complexity index is 772. The van der Waals surface area contributed by atoms with Gasteiger partial charge in [-0.15, -0.1) is 0 Å². The van der Waals surface area contributed by atoms with Crippen molar-refractivity contribution >= 4 is 17.1 Å². The van der Waals surface area contributed by atoms with E-state index < -0.39 is 0 Å². The Balaban J connectivity index is 2.10. The average Bonchev–Trinajstić information content (AvgIpc) is 3.04. The van der Waals surface area contributed by atoms with Crippen LogP contribution < -0.4 is 16.6 Å². The van der Waals surface area contributed by atoms with Gasteiger partial charge in [0.15, 0.2) is 11.2 Å². The molecule has 2 aromatic heterocycles. The maximum absolute atomic E-state index is 12.0. The predicted octanol–water partition coefficient (Wildman–Crippen LogP) is 0.0908. The van der Waals surface area contributed by atoms with Crippen LogP contribution in [0.15, 0.2) is 21.7 Å². The Morgan fingerprint density at radius 1 is 1.26 bits per heavy atom. The highest BCUT2D eigenvalue weighted by molar-refractivity contribution is 5.72. The van der Waals surface area contributed by atoms with Gasteiger partial charge in [-0.2, -0.15) is 4.98 Å². The van der Waals surface area contributed by atoms with Gasteiger partial charge in [-0.1, -0.05) is 12.2 Å². The molecule has 0 bridgehead atoms. The molecule has 1 aliphatic rings. The molecule has 19 heavy (non-hydrogen) atoms. The van der Waals surface area contributed by atoms with Gasteiger partial charge in [-0.3, -0.25) is 13.9 Å². The van der Waals surface area contributed by atoms with Crippen molar-refractivity contribution < 1.29 is 0 Å². The molecular weight excluding hydrogens is 246 g/mol. The van der Waals surface area contributed by atoms with E-state index in [4.69, 9.17) is 0 Å². The van der Waals surface area contributed by atoms with Crippen molar-refractivity contribution in [3.63, 3.8) is 0 Å². The minimum atomic E-state index is -0.377. The monoisotopic (exact) mass is 261 g/mol. The van der Waals surface area contributed by atoms with Crippen molar-refractivity contribution in [3.8, 4) is 0 Å². The molecule has 2 heterocycles. The maximum atomic E-state index is 12.0. The number of aromatic amines is 1. The Hall–Kier alpha value is -2.31. The summed E-state index contributed by atoms with van der Waals surface area (Å²) in [4.78, 5) is 31.0. The van der Waals surface area contributed by atoms with Crippen LogP contribution in [0.3, 0.4) is 0 Å². The van der Waals surface area contributed by atoms with Crippen LogP contribution in [0.2, 0.25) is 0 Å². The largest absolute Gasteiger partial charge is 0.352 e. The molecule has 2 aromatic rings. The van der Waals surface area contributed by atoms with E-state index in [1.165, 1.54) is 11.6 Å². The Kier molecular flexibility index (Phi) is 2.55. The summed E-state index contributed by atoms with van der Waals surface area (Å²) in [6.45, 7) is 0. The first-order chi connectivity index (χ1) is 9.08. The first-order valence-corrected chi connectivity index (χ1v) is 6.15. The van der Waals surface area contributed by atoms with E-state index in [-0.39, 0.29) is 11.2 Å². The minimum Gasteiger partial charge on any atom is -0.352 e. The molecule has 0 saturated heterocycles. The lowest BCUT2D eigenvalue weighted by Gasteiger charge is -2.09. The predicted molar refractivity (Wildman–Crippen MR) is 72.4 cm³/mol. The van der Waals surface area contributed by atoms with E-state index in [0.29, 0.717) is 23.2 Å². The zero-order valence-corrected chi connectivity index (χ0v) is 10.8. The summed E-state index contributed by atoms with van der Waals surface area (Å²) < 4.78 is 2.44. The molecule has 0 aromatic carbocycles. The topological polar surface area (TPSA) is 84.7 Å². The second kappa shape index (κ2) is 4.11. The third-order valence-electron chi connectivity index (χ3n) is 3.44. The number of hydrogen-bond acceptors (Lipinski definition) is 4. The molecule has 0 atom stereocenters. The third kappa shape index (κ3) is 1.78. The molecule has 0 spiro atoms. The van der Waals surface area contributed by atoms with E-state index in [1.54, 1.807) is 7.05 Å². The summed E-state index contributed by atoms with van der Waals surface area (Å²) in [7, 11) is 3.06. The van der Waals surface area contributed by atoms with E-state index in [1.807, 2.05) is 0 Å². The second-order valence-electron chi connectivity index (χ2n) is 4.77. The molecular formula is C12H15N5O2. The highest BCUT2D eigenvalue weighted by Gasteiger charge is 2.16. The van der Waals surface area contributed by atoms with Gasteiger partial charge in [0.2, 0.25) is 5.95 Å². The van der Waals surface area contributed by atoms with Crippen LogP contribution in [-0.2, 0) is 14.1 Å². The number of H-pyrrole nitrogens is 1. The number of fused-ring (bicyclic) bond motifs is 1. The van der Waals surface area contributed by atoms with Gasteiger partial charge in [0.25, 0.3) is 5.56 Å². The van der Waals surface area contributed by atoms with Crippen molar-refractivity contribution in [2.75, 3.05) is 5.32 Å². The molecule has 2 N–H and O–H groups in total. The molecule has 0 unspecified atom stereocenters. The van der Waals surface area contributed by atoms with Gasteiger partial charge in [0.05, 0.1) is 0 Å². The number of rotatable bonds is 2. The van der Waals surface area contributed by atoms with Crippen molar-refractivity contribution in [2.24, 2.45) is 14.1 Å². The van der Waals surface area contributed by atoms with Gasteiger partial charge in [-0.05, 0) is 12.8 Å². The second-order valence-corrected chi connectivity index (χ2v) is 4.77. The zero-order chi connectivity index (χ0) is 13.6. The summed E-state index contributed by atoms with van der Waals surface area (Å²) in [5.41, 5.74) is -0.0131. The quantitative estimate of drug-likeness (QED) is 0.750. The van der Waals surface area contributed by atoms with Gasteiger partial charge < -0.3 is 10.3 Å². The third-order valence-corrected chi connectivity index (χ3v) is 3.44. The number of nitrogens with one attached hydrogen (secondary N) is 2. The summed E-state index contributed by atoms with van der Waals surface area (Å²) in [5.74, 6) is 0.530. The van der Waals surface area contributed by atoms with Crippen LogP contribution in [0.25, 0.3) is 11.2 Å². The fourth-order valence-electron chi connectivity index (χ4n) is 2.32. The van der Waals surface area contributed by atoms with Crippen molar-refractivity contribution in [2.45, 2.75) is 18.9 Å². The molecule has 7 nitrogen and oxygen atoms in total. The molecule has 0 radical (unpaired) electrons. The van der Waals surface area contributed by atoms with E-state index in [2.05, 4.69) is 27.4 Å². The number of imidazole rings is 1. The molecule has 0 saturated carbocycles. The van der Waals surface area contributed by atoms with Crippen molar-refractivity contribution in [1.82, 2.24) is 19.1 Å². The number of aromatic nitrogens is 4. The highest BCUT2D eigenvalue weighted by Crippen LogP contribution is 2.16. The van der Waals surface area contributed by atoms with Crippen LogP contribution in [0.1, 0.15) is 12.8 Å². The van der Waals surface area contributed by atoms with Crippen LogP contribution in [0, 0.1) is 0 Å². The normalized spacial score (nSPS) is 15.5. The average molecular weight is 261 g/mol. The van der Waals surface area contributed by atoms with E-state index >= 15 is 0 Å². The first-order valence-electron chi connectivity index (χ1n) is 6.15. The Morgan fingerprint density at radius 3 is 2.63 bits per heavy atom. The molecule has 0 aliphatic heterocycles. The van der Waals surface area contributed by atoms with Gasteiger partial charge in [0.1, 0.15) is 0 Å². The molecule has 0 amide bonds. The van der Waals surface area contributed by atoms with E-state index in [0.717, 1.165) is 17.4 Å². The summed E-state index contributed by atoms with van der Waals surface area (Å²) in [6, 6.07) is 0.293. The molecule has 1 aliphatic carbocycles. The lowest BCUT2D eigenvalue weighted by atomic mass is 10.2. The molecule has 0 fully saturated rings. The number of anilines is 1. The SMILES string of the molecule is Cn1c(=O)c2[nH]c(NC3CC=CC3)nc2n(C)c1=O. The minimum absolute atomic E-state index is 0.293. The number of hydrogen-bond donors (Lipinski definition) is 2. The van der Waals surface area contributed by atoms with Gasteiger partial charge in [0, 0.05) is 20.1 Å². The fourth-order valence-corrected chi connectivity index (χ4v) is 2.32. The van der Waals surface area contributed by atoms with Gasteiger partial charge >= 0.3 is 5.69 Å². The lowest BCUT2D eigenvalue weighted by Crippen LogP contribution is -2.36. The number of nitrogens with zero attached hydrogens (tertiary/aromatic N) is 3. The van der Waals surface area contributed by atoms with Gasteiger partial charge in [-0.25, -0.2) is 4.79 Å². The van der Waals surface area contributed by atoms with Crippen LogP contribution in [0.4, 0.5) is 5.95 Å². The summed E-state index contributed by atoms with van der Waals surface area (Å²) in [5, 5.41) is 3.23. The lowest BCUT2D eigenvalue weighted by molar-refractivity contribution is 0.708. The summed E-state index contributed by atoms with van der Waals surface area (Å²) >= 11 is 0. The highest BCUT2D eigenvalue weighted by atomic mass is 16.2. The van der Waals surface area contributed by atoms with Crippen LogP contribution in [0.5, 0.6) is 0 Å². The fraction of sp³-hybridized carbons (Fsp3) is 0.417. The Morgan fingerprint density at radius 2 is 1.95 bits per heavy atom. The summed E-state index contributed by atoms with van der Waals surface area (Å²) in [6.07, 6.45) is 6.09. The number of aryl methyl sites for hydroxylation is 1. The molecule has 7 heteroatoms. The van der Waals surface area contributed by atoms with Crippen LogP contribution >= 0.6 is 0 Å². The van der Waals surface area contributed by atoms with Crippen molar-refractivity contribution in [1.29, 1.82) is 0 Å². The Labute approximate surface area is 108 Å². The zero-order valence-electron chi connectivity index (χ0n) is 10.8. The maximum Gasteiger partial charge on any atom is 0.332 e. The first kappa shape index (κ1) is 11.8. The van der Waals surface area contributed by atoms with Crippen LogP contribution in [-0.4, -0.2) is 25.1 Å². The van der Waals surface area contributed by atoms with Crippen molar-refractivity contribution in [3.05, 3.63) is 33.0 Å². The smallest absolute Gasteiger partial charge is 0.332 e. The standard InChI is InChI=1S/C12H15N5O2/c1-16-9-8(10(18)17(2)12(16)19)14-11(15-9)13-7-5-3-4-6-7/h3-4,7H,5-6H2,1-2H3,(H2,13,14,15).